The summed E-state index contributed by atoms with van der Waals surface area (Å²) in [5.41, 5.74) is 0.572. The number of hydrogen-bond donors (Lipinski definition) is 2. The molecule has 1 amide bonds. The highest BCUT2D eigenvalue weighted by Gasteiger charge is 2.08. The van der Waals surface area contributed by atoms with Gasteiger partial charge in [-0.3, -0.25) is 9.52 Å². The average Bonchev–Trinajstić information content (AvgIpc) is 2.17. The summed E-state index contributed by atoms with van der Waals surface area (Å²) < 4.78 is 23.3. The molecule has 1 aromatic carbocycles. The normalized spacial score (nSPS) is 10.4. The van der Waals surface area contributed by atoms with Gasteiger partial charge in [0.25, 0.3) is 5.91 Å². The van der Waals surface area contributed by atoms with Gasteiger partial charge in [-0.2, -0.15) is 0 Å². The number of hydrogen-bond acceptors (Lipinski definition) is 4. The molecule has 18 heavy (non-hydrogen) atoms. The fourth-order valence-corrected chi connectivity index (χ4v) is 1.82. The van der Waals surface area contributed by atoms with Crippen molar-refractivity contribution in [3.8, 4) is 0 Å². The van der Waals surface area contributed by atoms with Crippen LogP contribution in [-0.2, 0) is 14.8 Å². The molecule has 102 valence electrons. The van der Waals surface area contributed by atoms with E-state index < -0.39 is 15.9 Å². The van der Waals surface area contributed by atoms with Crippen LogP contribution in [0.4, 0.5) is 5.69 Å². The average molecular weight is 334 g/mol. The lowest BCUT2D eigenvalue weighted by Crippen LogP contribution is -2.34. The van der Waals surface area contributed by atoms with Crippen LogP contribution in [-0.4, -0.2) is 27.1 Å². The molecule has 0 atom stereocenters. The van der Waals surface area contributed by atoms with E-state index >= 15 is 0 Å². The summed E-state index contributed by atoms with van der Waals surface area (Å²) in [5.74, 6) is -0.654. The molecule has 0 radical (unpaired) electrons. The van der Waals surface area contributed by atoms with Gasteiger partial charge in [-0.1, -0.05) is 23.2 Å². The minimum absolute atomic E-state index is 0. The van der Waals surface area contributed by atoms with Crippen molar-refractivity contribution in [1.82, 2.24) is 4.72 Å². The Morgan fingerprint density at radius 1 is 1.28 bits per heavy atom. The van der Waals surface area contributed by atoms with Gasteiger partial charge < -0.3 is 5.32 Å². The van der Waals surface area contributed by atoms with E-state index in [0.29, 0.717) is 15.7 Å². The Bertz CT molecular complexity index is 534. The number of halogens is 3. The molecule has 1 aromatic rings. The van der Waals surface area contributed by atoms with E-state index in [2.05, 4.69) is 5.32 Å². The topological polar surface area (TPSA) is 75.3 Å². The second-order valence-corrected chi connectivity index (χ2v) is 5.84. The van der Waals surface area contributed by atoms with Crippen molar-refractivity contribution in [2.24, 2.45) is 0 Å². The molecule has 0 unspecified atom stereocenters. The first kappa shape index (κ1) is 17.3. The molecule has 1 rings (SSSR count). The molecule has 0 aliphatic carbocycles. The molecule has 0 aliphatic heterocycles. The summed E-state index contributed by atoms with van der Waals surface area (Å²) in [7, 11) is -3.53. The molecule has 0 fully saturated rings. The predicted molar refractivity (Wildman–Crippen MR) is 75.2 cm³/mol. The van der Waals surface area contributed by atoms with E-state index in [4.69, 9.17) is 23.2 Å². The van der Waals surface area contributed by atoms with Crippen LogP contribution >= 0.6 is 35.6 Å². The zero-order valence-corrected chi connectivity index (χ0v) is 12.4. The van der Waals surface area contributed by atoms with Gasteiger partial charge in [-0.25, -0.2) is 8.42 Å². The Kier molecular flexibility index (Phi) is 6.77. The summed E-state index contributed by atoms with van der Waals surface area (Å²) in [4.78, 5) is 11.2. The van der Waals surface area contributed by atoms with Crippen molar-refractivity contribution in [2.45, 2.75) is 0 Å². The Labute approximate surface area is 121 Å². The number of amides is 1. The molecule has 9 heteroatoms. The predicted octanol–water partition coefficient (Wildman–Crippen LogP) is 1.90. The molecule has 0 saturated heterocycles. The zero-order chi connectivity index (χ0) is 13.1. The monoisotopic (exact) mass is 332 g/mol. The molecule has 0 heterocycles. The maximum atomic E-state index is 11.2. The van der Waals surface area contributed by atoms with Gasteiger partial charge in [0.15, 0.2) is 0 Å². The maximum Gasteiger partial charge on any atom is 0.252 e. The van der Waals surface area contributed by atoms with E-state index in [1.165, 1.54) is 6.07 Å². The molecular formula is C9H11Cl3N2O3S. The minimum Gasteiger partial charge on any atom is -0.376 e. The van der Waals surface area contributed by atoms with Gasteiger partial charge in [0.05, 0.1) is 22.8 Å². The molecule has 0 saturated carbocycles. The van der Waals surface area contributed by atoms with E-state index in [0.717, 1.165) is 6.26 Å². The quantitative estimate of drug-likeness (QED) is 0.882. The fourth-order valence-electron chi connectivity index (χ4n) is 1.03. The summed E-state index contributed by atoms with van der Waals surface area (Å²) in [6.07, 6.45) is 0.907. The van der Waals surface area contributed by atoms with Crippen LogP contribution in [0.25, 0.3) is 0 Å². The van der Waals surface area contributed by atoms with Gasteiger partial charge in [0.1, 0.15) is 0 Å². The highest BCUT2D eigenvalue weighted by atomic mass is 35.5. The fraction of sp³-hybridized carbons (Fsp3) is 0.222. The lowest BCUT2D eigenvalue weighted by Gasteiger charge is -2.07. The van der Waals surface area contributed by atoms with Crippen LogP contribution in [0, 0.1) is 0 Å². The van der Waals surface area contributed by atoms with Gasteiger partial charge in [-0.05, 0) is 18.2 Å². The SMILES string of the molecule is CS(=O)(=O)NC(=O)CNc1ccc(Cl)c(Cl)c1.Cl. The van der Waals surface area contributed by atoms with Crippen LogP contribution < -0.4 is 10.0 Å². The number of carbonyl (C=O) groups excluding carboxylic acids is 1. The first-order chi connectivity index (χ1) is 7.78. The molecule has 0 aromatic heterocycles. The van der Waals surface area contributed by atoms with Crippen molar-refractivity contribution < 1.29 is 13.2 Å². The number of anilines is 1. The van der Waals surface area contributed by atoms with Gasteiger partial charge in [-0.15, -0.1) is 12.4 Å². The number of rotatable bonds is 4. The zero-order valence-electron chi connectivity index (χ0n) is 9.24. The van der Waals surface area contributed by atoms with E-state index in [1.54, 1.807) is 12.1 Å². The van der Waals surface area contributed by atoms with E-state index in [-0.39, 0.29) is 19.0 Å². The smallest absolute Gasteiger partial charge is 0.252 e. The minimum atomic E-state index is -3.53. The standard InChI is InChI=1S/C9H10Cl2N2O3S.ClH/c1-17(15,16)13-9(14)5-12-6-2-3-7(10)8(11)4-6;/h2-4,12H,5H2,1H3,(H,13,14);1H. The van der Waals surface area contributed by atoms with Gasteiger partial charge in [0, 0.05) is 5.69 Å². The maximum absolute atomic E-state index is 11.2. The van der Waals surface area contributed by atoms with Crippen LogP contribution in [0.15, 0.2) is 18.2 Å². The summed E-state index contributed by atoms with van der Waals surface area (Å²) in [5, 5.41) is 3.46. The van der Waals surface area contributed by atoms with Crippen LogP contribution in [0.2, 0.25) is 10.0 Å². The van der Waals surface area contributed by atoms with E-state index in [9.17, 15) is 13.2 Å². The third-order valence-corrected chi connectivity index (χ3v) is 3.01. The Balaban J connectivity index is 0.00000289. The number of carbonyl (C=O) groups is 1. The Hall–Kier alpha value is -0.690. The first-order valence-corrected chi connectivity index (χ1v) is 7.12. The summed E-state index contributed by atoms with van der Waals surface area (Å²) in [6.45, 7) is -0.176. The highest BCUT2D eigenvalue weighted by molar-refractivity contribution is 7.89. The lowest BCUT2D eigenvalue weighted by molar-refractivity contribution is -0.117. The number of benzene rings is 1. The lowest BCUT2D eigenvalue weighted by atomic mass is 10.3. The second-order valence-electron chi connectivity index (χ2n) is 3.28. The Morgan fingerprint density at radius 3 is 2.39 bits per heavy atom. The van der Waals surface area contributed by atoms with Crippen molar-refractivity contribution in [3.63, 3.8) is 0 Å². The molecular weight excluding hydrogens is 323 g/mol. The van der Waals surface area contributed by atoms with Crippen molar-refractivity contribution >= 4 is 57.2 Å². The number of sulfonamides is 1. The first-order valence-electron chi connectivity index (χ1n) is 4.47. The van der Waals surface area contributed by atoms with Crippen molar-refractivity contribution in [2.75, 3.05) is 18.1 Å². The largest absolute Gasteiger partial charge is 0.376 e. The second kappa shape index (κ2) is 7.04. The molecule has 2 N–H and O–H groups in total. The summed E-state index contributed by atoms with van der Waals surface area (Å²) in [6, 6.07) is 4.74. The van der Waals surface area contributed by atoms with E-state index in [1.807, 2.05) is 4.72 Å². The molecule has 5 nitrogen and oxygen atoms in total. The highest BCUT2D eigenvalue weighted by Crippen LogP contribution is 2.24. The third-order valence-electron chi connectivity index (χ3n) is 1.67. The molecule has 0 aliphatic rings. The summed E-state index contributed by atoms with van der Waals surface area (Å²) >= 11 is 11.5. The Morgan fingerprint density at radius 2 is 1.89 bits per heavy atom. The van der Waals surface area contributed by atoms with Crippen molar-refractivity contribution in [3.05, 3.63) is 28.2 Å². The number of nitrogens with one attached hydrogen (secondary N) is 2. The molecule has 0 spiro atoms. The van der Waals surface area contributed by atoms with Crippen LogP contribution in [0.3, 0.4) is 0 Å². The molecule has 0 bridgehead atoms. The van der Waals surface area contributed by atoms with Crippen molar-refractivity contribution in [1.29, 1.82) is 0 Å². The van der Waals surface area contributed by atoms with Gasteiger partial charge in [0.2, 0.25) is 10.0 Å². The van der Waals surface area contributed by atoms with Crippen LogP contribution in [0.1, 0.15) is 0 Å². The van der Waals surface area contributed by atoms with Gasteiger partial charge >= 0.3 is 0 Å². The van der Waals surface area contributed by atoms with Crippen LogP contribution in [0.5, 0.6) is 0 Å². The third kappa shape index (κ3) is 6.30.